The Balaban J connectivity index is 0.977. The second-order valence-electron chi connectivity index (χ2n) is 10.7. The van der Waals surface area contributed by atoms with E-state index >= 15 is 0 Å². The van der Waals surface area contributed by atoms with Gasteiger partial charge >= 0.3 is 0 Å². The topological polar surface area (TPSA) is 72.5 Å². The van der Waals surface area contributed by atoms with Crippen molar-refractivity contribution in [2.24, 2.45) is 0 Å². The summed E-state index contributed by atoms with van der Waals surface area (Å²) >= 11 is 10.1. The first kappa shape index (κ1) is 30.7. The van der Waals surface area contributed by atoms with Gasteiger partial charge in [-0.2, -0.15) is 10.5 Å². The SMILES string of the molecule is N#CC(=Cc1ccc(-c2ccc(C3=Cc4ncc(-c5ccc(-c6ccc(C=C(C#N)c7cccs7)s6)s5)cc4NC3)s2)s1)c1cccs1. The molecule has 0 fully saturated rings. The van der Waals surface area contributed by atoms with Gasteiger partial charge in [0, 0.05) is 67.1 Å². The van der Waals surface area contributed by atoms with E-state index in [1.165, 1.54) is 34.8 Å². The zero-order valence-electron chi connectivity index (χ0n) is 25.0. The Kier molecular flexibility index (Phi) is 8.60. The van der Waals surface area contributed by atoms with Crippen molar-refractivity contribution in [3.8, 4) is 42.1 Å². The molecule has 0 spiro atoms. The zero-order chi connectivity index (χ0) is 32.5. The maximum Gasteiger partial charge on any atom is 0.101 e. The molecule has 4 nitrogen and oxygen atoms in total. The summed E-state index contributed by atoms with van der Waals surface area (Å²) in [5.41, 5.74) is 5.69. The maximum atomic E-state index is 9.64. The van der Waals surface area contributed by atoms with Crippen LogP contribution in [0.15, 0.2) is 95.8 Å². The van der Waals surface area contributed by atoms with Crippen LogP contribution in [0.5, 0.6) is 0 Å². The number of pyridine rings is 1. The van der Waals surface area contributed by atoms with E-state index in [1.54, 1.807) is 68.0 Å². The minimum atomic E-state index is 0.695. The number of thiophene rings is 6. The first-order chi connectivity index (χ1) is 23.6. The van der Waals surface area contributed by atoms with Gasteiger partial charge in [-0.15, -0.1) is 68.0 Å². The van der Waals surface area contributed by atoms with Crippen LogP contribution in [0.1, 0.15) is 30.1 Å². The van der Waals surface area contributed by atoms with E-state index in [2.05, 4.69) is 78.1 Å². The number of anilines is 1. The molecule has 0 bridgehead atoms. The average Bonchev–Trinajstić information content (AvgIpc) is 3.95. The average molecular weight is 727 g/mol. The normalized spacial score (nSPS) is 13.0. The van der Waals surface area contributed by atoms with Crippen LogP contribution in [0.25, 0.3) is 64.9 Å². The lowest BCUT2D eigenvalue weighted by molar-refractivity contribution is 1.23. The molecular formula is C38H22N4S6. The Hall–Kier alpha value is -4.65. The lowest BCUT2D eigenvalue weighted by Gasteiger charge is -2.18. The number of nitrogens with zero attached hydrogens (tertiary/aromatic N) is 3. The molecule has 0 aliphatic carbocycles. The Labute approximate surface area is 301 Å². The van der Waals surface area contributed by atoms with E-state index < -0.39 is 0 Å². The molecule has 0 radical (unpaired) electrons. The number of nitrogens with one attached hydrogen (secondary N) is 1. The summed E-state index contributed by atoms with van der Waals surface area (Å²) in [4.78, 5) is 16.2. The quantitative estimate of drug-likeness (QED) is 0.158. The van der Waals surface area contributed by atoms with Crippen LogP contribution in [0.2, 0.25) is 0 Å². The predicted molar refractivity (Wildman–Crippen MR) is 210 cm³/mol. The van der Waals surface area contributed by atoms with Gasteiger partial charge in [-0.3, -0.25) is 4.98 Å². The Morgan fingerprint density at radius 1 is 0.667 bits per heavy atom. The van der Waals surface area contributed by atoms with Crippen molar-refractivity contribution in [2.75, 3.05) is 11.9 Å². The Morgan fingerprint density at radius 2 is 1.21 bits per heavy atom. The highest BCUT2D eigenvalue weighted by Crippen LogP contribution is 2.42. The second-order valence-corrected chi connectivity index (χ2v) is 17.0. The molecule has 0 saturated carbocycles. The molecule has 7 aromatic rings. The number of allylic oxidation sites excluding steroid dienone is 2. The summed E-state index contributed by atoms with van der Waals surface area (Å²) in [7, 11) is 0. The predicted octanol–water partition coefficient (Wildman–Crippen LogP) is 12.5. The summed E-state index contributed by atoms with van der Waals surface area (Å²) < 4.78 is 0. The zero-order valence-corrected chi connectivity index (χ0v) is 29.9. The molecule has 0 amide bonds. The molecule has 0 atom stereocenters. The molecule has 0 aromatic carbocycles. The molecule has 8 heterocycles. The lowest BCUT2D eigenvalue weighted by Crippen LogP contribution is -2.10. The van der Waals surface area contributed by atoms with Gasteiger partial charge in [0.05, 0.1) is 22.5 Å². The second kappa shape index (κ2) is 13.5. The van der Waals surface area contributed by atoms with Gasteiger partial charge in [0.1, 0.15) is 12.1 Å². The third-order valence-electron chi connectivity index (χ3n) is 7.64. The van der Waals surface area contributed by atoms with Crippen molar-refractivity contribution < 1.29 is 0 Å². The fourth-order valence-electron chi connectivity index (χ4n) is 5.29. The summed E-state index contributed by atoms with van der Waals surface area (Å²) in [5, 5.41) is 26.9. The van der Waals surface area contributed by atoms with Gasteiger partial charge in [0.2, 0.25) is 0 Å². The van der Waals surface area contributed by atoms with Gasteiger partial charge in [-0.25, -0.2) is 0 Å². The van der Waals surface area contributed by atoms with Gasteiger partial charge in [-0.1, -0.05) is 12.1 Å². The molecule has 1 aliphatic heterocycles. The van der Waals surface area contributed by atoms with Crippen LogP contribution in [-0.2, 0) is 0 Å². The van der Waals surface area contributed by atoms with E-state index in [0.717, 1.165) is 43.0 Å². The van der Waals surface area contributed by atoms with Crippen molar-refractivity contribution in [3.63, 3.8) is 0 Å². The van der Waals surface area contributed by atoms with Crippen molar-refractivity contribution >= 4 is 109 Å². The van der Waals surface area contributed by atoms with Crippen LogP contribution in [0.3, 0.4) is 0 Å². The maximum absolute atomic E-state index is 9.64. The molecule has 230 valence electrons. The number of hydrogen-bond acceptors (Lipinski definition) is 10. The highest BCUT2D eigenvalue weighted by molar-refractivity contribution is 7.24. The van der Waals surface area contributed by atoms with Crippen molar-refractivity contribution in [1.29, 1.82) is 10.5 Å². The third-order valence-corrected chi connectivity index (χ3v) is 14.2. The molecule has 0 saturated heterocycles. The minimum absolute atomic E-state index is 0.695. The van der Waals surface area contributed by atoms with Gasteiger partial charge in [0.25, 0.3) is 0 Å². The van der Waals surface area contributed by atoms with Crippen molar-refractivity contribution in [2.45, 2.75) is 0 Å². The Morgan fingerprint density at radius 3 is 1.79 bits per heavy atom. The van der Waals surface area contributed by atoms with E-state index in [4.69, 9.17) is 4.98 Å². The smallest absolute Gasteiger partial charge is 0.101 e. The molecule has 8 rings (SSSR count). The molecule has 0 unspecified atom stereocenters. The van der Waals surface area contributed by atoms with Crippen molar-refractivity contribution in [3.05, 3.63) is 126 Å². The van der Waals surface area contributed by atoms with Crippen LogP contribution in [0, 0.1) is 22.7 Å². The fourth-order valence-corrected chi connectivity index (χ4v) is 10.8. The molecule has 10 heteroatoms. The summed E-state index contributed by atoms with van der Waals surface area (Å²) in [6.07, 6.45) is 8.11. The minimum Gasteiger partial charge on any atom is -0.379 e. The highest BCUT2D eigenvalue weighted by Gasteiger charge is 2.17. The summed E-state index contributed by atoms with van der Waals surface area (Å²) in [6, 6.07) is 32.0. The fraction of sp³-hybridized carbons (Fsp3) is 0.0263. The van der Waals surface area contributed by atoms with E-state index in [1.807, 2.05) is 53.4 Å². The van der Waals surface area contributed by atoms with Crippen LogP contribution >= 0.6 is 68.0 Å². The van der Waals surface area contributed by atoms with Crippen LogP contribution in [-0.4, -0.2) is 11.5 Å². The van der Waals surface area contributed by atoms with Crippen molar-refractivity contribution in [1.82, 2.24) is 4.98 Å². The standard InChI is InChI=1S/C38H22N4S6/c39-19-23(31-3-1-13-43-31)15-27-5-7-35(45-27)37-11-9-33(47-37)25-17-29-30(41-21-25)18-26(22-42-29)34-10-12-38(48-34)36-8-6-28(46-36)16-24(20-40)32-4-2-14-44-32/h1-18,21,42H,22H2. The number of rotatable bonds is 8. The molecule has 7 aromatic heterocycles. The van der Waals surface area contributed by atoms with E-state index in [0.29, 0.717) is 11.1 Å². The highest BCUT2D eigenvalue weighted by atomic mass is 32.1. The van der Waals surface area contributed by atoms with Gasteiger partial charge in [0.15, 0.2) is 0 Å². The van der Waals surface area contributed by atoms with Crippen LogP contribution in [0.4, 0.5) is 5.69 Å². The first-order valence-electron chi connectivity index (χ1n) is 14.8. The first-order valence-corrected chi connectivity index (χ1v) is 19.8. The molecule has 48 heavy (non-hydrogen) atoms. The summed E-state index contributed by atoms with van der Waals surface area (Å²) in [6.45, 7) is 0.736. The molecular weight excluding hydrogens is 705 g/mol. The number of fused-ring (bicyclic) bond motifs is 1. The molecule has 1 N–H and O–H groups in total. The summed E-state index contributed by atoms with van der Waals surface area (Å²) in [5.74, 6) is 0. The van der Waals surface area contributed by atoms with E-state index in [-0.39, 0.29) is 0 Å². The lowest BCUT2D eigenvalue weighted by atomic mass is 10.1. The largest absolute Gasteiger partial charge is 0.379 e. The number of hydrogen-bond donors (Lipinski definition) is 1. The van der Waals surface area contributed by atoms with Gasteiger partial charge in [-0.05, 0) is 101 Å². The third kappa shape index (κ3) is 6.30. The Bertz CT molecular complexity index is 2430. The van der Waals surface area contributed by atoms with Crippen LogP contribution < -0.4 is 5.32 Å². The number of nitriles is 2. The van der Waals surface area contributed by atoms with E-state index in [9.17, 15) is 10.5 Å². The number of aromatic nitrogens is 1. The van der Waals surface area contributed by atoms with Gasteiger partial charge < -0.3 is 5.32 Å². The monoisotopic (exact) mass is 726 g/mol. The molecule has 1 aliphatic rings.